The van der Waals surface area contributed by atoms with Gasteiger partial charge < -0.3 is 20.1 Å². The molecule has 0 fully saturated rings. The molecule has 256 valence electrons. The zero-order valence-electron chi connectivity index (χ0n) is 28.7. The van der Waals surface area contributed by atoms with Crippen LogP contribution in [0.5, 0.6) is 11.5 Å². The number of aromatic nitrogens is 2. The fourth-order valence-corrected chi connectivity index (χ4v) is 5.74. The van der Waals surface area contributed by atoms with Crippen LogP contribution >= 0.6 is 23.2 Å². The second-order valence-electron chi connectivity index (χ2n) is 13.0. The van der Waals surface area contributed by atoms with Crippen LogP contribution in [0.3, 0.4) is 0 Å². The maximum Gasteiger partial charge on any atom is 0.273 e. The van der Waals surface area contributed by atoms with Crippen LogP contribution < -0.4 is 25.7 Å². The van der Waals surface area contributed by atoms with Gasteiger partial charge in [0.25, 0.3) is 17.4 Å². The smallest absolute Gasteiger partial charge is 0.273 e. The van der Waals surface area contributed by atoms with Gasteiger partial charge in [-0.15, -0.1) is 0 Å². The molecule has 4 aromatic rings. The maximum absolute atomic E-state index is 13.5. The van der Waals surface area contributed by atoms with E-state index in [1.165, 1.54) is 30.9 Å². The zero-order chi connectivity index (χ0) is 35.4. The van der Waals surface area contributed by atoms with Crippen LogP contribution in [0.1, 0.15) is 89.2 Å². The molecule has 2 amide bonds. The van der Waals surface area contributed by atoms with E-state index in [9.17, 15) is 14.4 Å². The molecule has 1 unspecified atom stereocenters. The topological polar surface area (TPSA) is 114 Å². The second kappa shape index (κ2) is 14.9. The van der Waals surface area contributed by atoms with Crippen molar-refractivity contribution in [1.29, 1.82) is 0 Å². The number of methoxy groups -OCH3 is 1. The van der Waals surface area contributed by atoms with Gasteiger partial charge in [-0.05, 0) is 59.9 Å². The maximum atomic E-state index is 13.5. The van der Waals surface area contributed by atoms with Gasteiger partial charge in [0.15, 0.2) is 6.10 Å². The summed E-state index contributed by atoms with van der Waals surface area (Å²) in [6.45, 7) is 15.0. The van der Waals surface area contributed by atoms with Gasteiger partial charge in [0.2, 0.25) is 0 Å². The molecule has 9 nitrogen and oxygen atoms in total. The number of carbonyl (C=O) groups excluding carboxylic acids is 2. The normalized spacial score (nSPS) is 12.4. The Kier molecular flexibility index (Phi) is 11.4. The molecule has 0 aliphatic heterocycles. The number of amides is 2. The second-order valence-corrected chi connectivity index (χ2v) is 13.8. The van der Waals surface area contributed by atoms with Crippen molar-refractivity contribution in [2.75, 3.05) is 17.7 Å². The zero-order valence-corrected chi connectivity index (χ0v) is 30.2. The Bertz CT molecular complexity index is 1840. The van der Waals surface area contributed by atoms with Crippen LogP contribution in [0.4, 0.5) is 11.5 Å². The first kappa shape index (κ1) is 36.6. The molecule has 0 bridgehead atoms. The lowest BCUT2D eigenvalue weighted by atomic mass is 9.76. The largest absolute Gasteiger partial charge is 0.497 e. The highest BCUT2D eigenvalue weighted by Crippen LogP contribution is 2.39. The van der Waals surface area contributed by atoms with Gasteiger partial charge in [-0.25, -0.2) is 4.68 Å². The minimum Gasteiger partial charge on any atom is -0.497 e. The van der Waals surface area contributed by atoms with Gasteiger partial charge in [-0.2, -0.15) is 0 Å². The Labute approximate surface area is 291 Å². The molecule has 1 heterocycles. The SMILES string of the molecule is CCC(Oc1ccc(C(C)(C)CC)cc1C(C)(C)CC)C(=O)Nc1cccc(C(=O)Nc2cc(=O)n(-c3c(Cl)cc(OC)cc3Cl)[nH]2)c1. The summed E-state index contributed by atoms with van der Waals surface area (Å²) < 4.78 is 12.7. The Hall–Kier alpha value is -4.21. The third kappa shape index (κ3) is 8.08. The number of carbonyl (C=O) groups is 2. The third-order valence-corrected chi connectivity index (χ3v) is 9.58. The Morgan fingerprint density at radius 1 is 0.896 bits per heavy atom. The number of anilines is 2. The van der Waals surface area contributed by atoms with Crippen molar-refractivity contribution >= 4 is 46.5 Å². The van der Waals surface area contributed by atoms with E-state index in [0.29, 0.717) is 23.6 Å². The van der Waals surface area contributed by atoms with Crippen LogP contribution in [0.2, 0.25) is 10.0 Å². The highest BCUT2D eigenvalue weighted by atomic mass is 35.5. The van der Waals surface area contributed by atoms with Gasteiger partial charge in [0.05, 0.1) is 17.2 Å². The Morgan fingerprint density at radius 2 is 1.56 bits per heavy atom. The molecule has 0 spiro atoms. The molecular formula is C37H44Cl2N4O5. The van der Waals surface area contributed by atoms with Crippen molar-refractivity contribution in [2.45, 2.75) is 84.7 Å². The molecule has 1 atom stereocenters. The summed E-state index contributed by atoms with van der Waals surface area (Å²) in [4.78, 5) is 39.4. The molecule has 0 aliphatic rings. The summed E-state index contributed by atoms with van der Waals surface area (Å²) in [5, 5.41) is 8.76. The number of hydrogen-bond donors (Lipinski definition) is 3. The van der Waals surface area contributed by atoms with E-state index in [2.05, 4.69) is 69.4 Å². The summed E-state index contributed by atoms with van der Waals surface area (Å²) in [6, 6.07) is 17.1. The van der Waals surface area contributed by atoms with Crippen molar-refractivity contribution in [2.24, 2.45) is 0 Å². The lowest BCUT2D eigenvalue weighted by Gasteiger charge is -2.31. The van der Waals surface area contributed by atoms with Crippen molar-refractivity contribution in [1.82, 2.24) is 9.78 Å². The number of hydrogen-bond acceptors (Lipinski definition) is 5. The van der Waals surface area contributed by atoms with E-state index < -0.39 is 17.6 Å². The molecule has 0 saturated carbocycles. The number of ether oxygens (including phenoxy) is 2. The first-order valence-corrected chi connectivity index (χ1v) is 16.8. The standard InChI is InChI=1S/C37H44Cl2N4O5/c1-9-29(48-30-16-15-23(36(4,5)10-2)18-26(30)37(6,7)11-3)35(46)40-24-14-12-13-22(17-24)34(45)41-31-21-32(44)43(42-31)33-27(38)19-25(47-8)20-28(33)39/h12-21,29,42H,9-11H2,1-8H3,(H,40,46)(H,41,45). The molecule has 0 aliphatic carbocycles. The Balaban J connectivity index is 1.51. The first-order chi connectivity index (χ1) is 22.6. The van der Waals surface area contributed by atoms with E-state index in [1.54, 1.807) is 24.3 Å². The fraction of sp³-hybridized carbons (Fsp3) is 0.378. The highest BCUT2D eigenvalue weighted by Gasteiger charge is 2.29. The first-order valence-electron chi connectivity index (χ1n) is 16.0. The van der Waals surface area contributed by atoms with Gasteiger partial charge >= 0.3 is 0 Å². The molecule has 48 heavy (non-hydrogen) atoms. The van der Waals surface area contributed by atoms with Gasteiger partial charge in [-0.3, -0.25) is 19.5 Å². The van der Waals surface area contributed by atoms with Crippen molar-refractivity contribution in [3.05, 3.63) is 97.8 Å². The van der Waals surface area contributed by atoms with Gasteiger partial charge in [0.1, 0.15) is 23.0 Å². The van der Waals surface area contributed by atoms with Crippen LogP contribution in [-0.2, 0) is 15.6 Å². The van der Waals surface area contributed by atoms with Crippen LogP contribution in [0.25, 0.3) is 5.69 Å². The number of benzene rings is 3. The van der Waals surface area contributed by atoms with Gasteiger partial charge in [0, 0.05) is 35.0 Å². The minimum absolute atomic E-state index is 0.00714. The van der Waals surface area contributed by atoms with Crippen LogP contribution in [0.15, 0.2) is 65.5 Å². The van der Waals surface area contributed by atoms with E-state index in [4.69, 9.17) is 32.7 Å². The van der Waals surface area contributed by atoms with Gasteiger partial charge in [-0.1, -0.05) is 89.9 Å². The third-order valence-electron chi connectivity index (χ3n) is 9.00. The summed E-state index contributed by atoms with van der Waals surface area (Å²) in [7, 11) is 1.48. The molecule has 3 N–H and O–H groups in total. The number of rotatable bonds is 13. The fourth-order valence-electron chi connectivity index (χ4n) is 5.11. The average molecular weight is 696 g/mol. The monoisotopic (exact) mass is 694 g/mol. The molecular weight excluding hydrogens is 651 g/mol. The van der Waals surface area contributed by atoms with Crippen molar-refractivity contribution in [3.8, 4) is 17.2 Å². The summed E-state index contributed by atoms with van der Waals surface area (Å²) in [5.74, 6) is 0.409. The molecule has 11 heteroatoms. The molecule has 1 aromatic heterocycles. The van der Waals surface area contributed by atoms with E-state index in [1.807, 2.05) is 13.0 Å². The number of aromatic amines is 1. The van der Waals surface area contributed by atoms with Crippen molar-refractivity contribution in [3.63, 3.8) is 0 Å². The predicted octanol–water partition coefficient (Wildman–Crippen LogP) is 8.90. The van der Waals surface area contributed by atoms with E-state index >= 15 is 0 Å². The number of H-pyrrole nitrogens is 1. The minimum atomic E-state index is -0.764. The van der Waals surface area contributed by atoms with E-state index in [0.717, 1.165) is 23.1 Å². The number of halogens is 2. The van der Waals surface area contributed by atoms with Crippen LogP contribution in [-0.4, -0.2) is 34.8 Å². The van der Waals surface area contributed by atoms with Crippen LogP contribution in [0, 0.1) is 0 Å². The lowest BCUT2D eigenvalue weighted by Crippen LogP contribution is -2.33. The molecule has 3 aromatic carbocycles. The lowest BCUT2D eigenvalue weighted by molar-refractivity contribution is -0.122. The average Bonchev–Trinajstić information content (AvgIpc) is 3.41. The highest BCUT2D eigenvalue weighted by molar-refractivity contribution is 6.38. The Morgan fingerprint density at radius 3 is 2.17 bits per heavy atom. The number of nitrogens with zero attached hydrogens (tertiary/aromatic N) is 1. The summed E-state index contributed by atoms with van der Waals surface area (Å²) in [6.07, 6.45) is 1.57. The number of nitrogens with one attached hydrogen (secondary N) is 3. The van der Waals surface area contributed by atoms with E-state index in [-0.39, 0.29) is 43.9 Å². The summed E-state index contributed by atoms with van der Waals surface area (Å²) in [5.41, 5.74) is 2.56. The molecule has 4 rings (SSSR count). The molecule has 0 radical (unpaired) electrons. The quantitative estimate of drug-likeness (QED) is 0.129. The predicted molar refractivity (Wildman–Crippen MR) is 194 cm³/mol. The summed E-state index contributed by atoms with van der Waals surface area (Å²) >= 11 is 12.7. The molecule has 0 saturated heterocycles. The van der Waals surface area contributed by atoms with Crippen molar-refractivity contribution < 1.29 is 19.1 Å².